The average Bonchev–Trinajstić information content (AvgIpc) is 2.81. The van der Waals surface area contributed by atoms with Crippen molar-refractivity contribution in [3.8, 4) is 12.3 Å². The molecular weight excluding hydrogens is 503 g/mol. The molecule has 20 heteroatoms. The summed E-state index contributed by atoms with van der Waals surface area (Å²) < 4.78 is 51.6. The Hall–Kier alpha value is -1.47. The predicted molar refractivity (Wildman–Crippen MR) is 102 cm³/mol. The molecule has 6 atom stereocenters. The third-order valence-corrected chi connectivity index (χ3v) is 7.83. The number of terminal acetylenes is 1. The summed E-state index contributed by atoms with van der Waals surface area (Å²) in [6.45, 7) is 0.266. The number of nitrogens with zero attached hydrogens (tertiary/aromatic N) is 1. The summed E-state index contributed by atoms with van der Waals surface area (Å²) in [7, 11) is -16.9. The number of aliphatic hydroxyl groups excluding tert-OH is 1. The van der Waals surface area contributed by atoms with Crippen molar-refractivity contribution >= 4 is 23.5 Å². The smallest absolute Gasteiger partial charge is 0.387 e. The summed E-state index contributed by atoms with van der Waals surface area (Å²) in [5.74, 6) is 2.04. The van der Waals surface area contributed by atoms with Gasteiger partial charge < -0.3 is 35.2 Å². The van der Waals surface area contributed by atoms with Gasteiger partial charge in [-0.25, -0.2) is 18.5 Å². The van der Waals surface area contributed by atoms with Gasteiger partial charge in [0, 0.05) is 11.8 Å². The largest absolute Gasteiger partial charge is 0.490 e. The Balaban J connectivity index is 2.24. The van der Waals surface area contributed by atoms with Crippen LogP contribution in [0.2, 0.25) is 0 Å². The highest BCUT2D eigenvalue weighted by Gasteiger charge is 2.55. The summed E-state index contributed by atoms with van der Waals surface area (Å²) in [5, 5.41) is 10.5. The first-order valence-corrected chi connectivity index (χ1v) is 12.6. The predicted octanol–water partition coefficient (Wildman–Crippen LogP) is -2.22. The number of aromatic amines is 1. The topological polar surface area (TPSA) is 270 Å². The summed E-state index contributed by atoms with van der Waals surface area (Å²) >= 11 is 0. The maximum absolute atomic E-state index is 12.2. The molecule has 2 heterocycles. The average molecular weight is 521 g/mol. The number of ether oxygens (including phenoxy) is 1. The normalized spacial score (nSPS) is 29.8. The van der Waals surface area contributed by atoms with Crippen LogP contribution in [-0.2, 0) is 31.6 Å². The SMILES string of the molecule is C#CC1(N)[C@@H](O)[C@@H](COP(=O)(O)OP(=O)(O)OP(=O)(O)O)O[C@H]1n1c(C)cc(=O)[nH]c1=O. The molecule has 0 saturated carbocycles. The van der Waals surface area contributed by atoms with Crippen LogP contribution in [-0.4, -0.2) is 58.6 Å². The number of hydrogen-bond donors (Lipinski definition) is 7. The van der Waals surface area contributed by atoms with Crippen LogP contribution < -0.4 is 17.0 Å². The second-order valence-electron chi connectivity index (χ2n) is 6.39. The monoisotopic (exact) mass is 521 g/mol. The van der Waals surface area contributed by atoms with Gasteiger partial charge >= 0.3 is 29.2 Å². The van der Waals surface area contributed by atoms with E-state index in [0.717, 1.165) is 10.6 Å². The lowest BCUT2D eigenvalue weighted by Gasteiger charge is -2.28. The van der Waals surface area contributed by atoms with Crippen molar-refractivity contribution in [2.24, 2.45) is 5.73 Å². The molecule has 0 aliphatic carbocycles. The maximum atomic E-state index is 12.2. The number of nitrogens with one attached hydrogen (secondary N) is 1. The molecule has 0 radical (unpaired) electrons. The molecule has 180 valence electrons. The number of phosphoric ester groups is 1. The molecule has 0 amide bonds. The van der Waals surface area contributed by atoms with Crippen molar-refractivity contribution in [2.45, 2.75) is 30.9 Å². The van der Waals surface area contributed by atoms with Gasteiger partial charge in [-0.15, -0.1) is 6.42 Å². The zero-order valence-corrected chi connectivity index (χ0v) is 18.6. The molecule has 1 saturated heterocycles. The number of nitrogens with two attached hydrogens (primary N) is 1. The van der Waals surface area contributed by atoms with Crippen LogP contribution in [0.5, 0.6) is 0 Å². The van der Waals surface area contributed by atoms with Gasteiger partial charge in [0.1, 0.15) is 12.2 Å². The fourth-order valence-electron chi connectivity index (χ4n) is 2.75. The lowest BCUT2D eigenvalue weighted by molar-refractivity contribution is -0.0475. The molecule has 3 unspecified atom stereocenters. The quantitative estimate of drug-likeness (QED) is 0.141. The van der Waals surface area contributed by atoms with Gasteiger partial charge in [-0.3, -0.25) is 18.9 Å². The van der Waals surface area contributed by atoms with Crippen LogP contribution in [0.4, 0.5) is 0 Å². The van der Waals surface area contributed by atoms with Gasteiger partial charge in [-0.2, -0.15) is 8.62 Å². The van der Waals surface area contributed by atoms with Gasteiger partial charge in [-0.1, -0.05) is 5.92 Å². The number of aliphatic hydroxyl groups is 1. The van der Waals surface area contributed by atoms with Crippen molar-refractivity contribution in [1.82, 2.24) is 9.55 Å². The fraction of sp³-hybridized carbons (Fsp3) is 0.500. The molecule has 17 nitrogen and oxygen atoms in total. The van der Waals surface area contributed by atoms with E-state index in [1.807, 2.05) is 10.9 Å². The van der Waals surface area contributed by atoms with E-state index in [2.05, 4.69) is 13.1 Å². The van der Waals surface area contributed by atoms with Gasteiger partial charge in [0.15, 0.2) is 11.8 Å². The molecule has 1 aliphatic rings. The highest BCUT2D eigenvalue weighted by molar-refractivity contribution is 7.66. The van der Waals surface area contributed by atoms with Gasteiger partial charge in [0.2, 0.25) is 0 Å². The fourth-order valence-corrected chi connectivity index (χ4v) is 5.78. The summed E-state index contributed by atoms with van der Waals surface area (Å²) in [6, 6.07) is 1.01. The molecule has 0 spiro atoms. The zero-order chi connectivity index (χ0) is 24.7. The van der Waals surface area contributed by atoms with Crippen molar-refractivity contribution in [2.75, 3.05) is 6.61 Å². The lowest BCUT2D eigenvalue weighted by atomic mass is 9.92. The molecule has 1 fully saturated rings. The molecule has 8 N–H and O–H groups in total. The molecule has 1 aromatic rings. The van der Waals surface area contributed by atoms with Crippen molar-refractivity contribution < 1.29 is 56.3 Å². The molecule has 2 rings (SSSR count). The molecule has 0 bridgehead atoms. The first-order valence-electron chi connectivity index (χ1n) is 8.12. The van der Waals surface area contributed by atoms with Crippen LogP contribution in [0.1, 0.15) is 11.9 Å². The summed E-state index contributed by atoms with van der Waals surface area (Å²) in [6.07, 6.45) is 0.309. The number of aromatic nitrogens is 2. The summed E-state index contributed by atoms with van der Waals surface area (Å²) in [4.78, 5) is 61.2. The highest BCUT2D eigenvalue weighted by atomic mass is 31.3. The van der Waals surface area contributed by atoms with E-state index in [4.69, 9.17) is 31.6 Å². The second kappa shape index (κ2) is 9.05. The number of aryl methyl sites for hydroxylation is 1. The van der Waals surface area contributed by atoms with Gasteiger partial charge in [0.05, 0.1) is 6.61 Å². The third-order valence-electron chi connectivity index (χ3n) is 4.03. The minimum atomic E-state index is -5.76. The summed E-state index contributed by atoms with van der Waals surface area (Å²) in [5.41, 5.74) is 2.17. The van der Waals surface area contributed by atoms with Gasteiger partial charge in [-0.05, 0) is 6.92 Å². The number of hydrogen-bond acceptors (Lipinski definition) is 11. The van der Waals surface area contributed by atoms with Crippen LogP contribution in [0.3, 0.4) is 0 Å². The Kier molecular flexibility index (Phi) is 7.58. The van der Waals surface area contributed by atoms with E-state index in [1.165, 1.54) is 6.92 Å². The third kappa shape index (κ3) is 6.10. The number of H-pyrrole nitrogens is 1. The van der Waals surface area contributed by atoms with E-state index in [0.29, 0.717) is 0 Å². The van der Waals surface area contributed by atoms with Crippen LogP contribution in [0.15, 0.2) is 15.7 Å². The van der Waals surface area contributed by atoms with Crippen molar-refractivity contribution in [1.29, 1.82) is 0 Å². The Bertz CT molecular complexity index is 1180. The van der Waals surface area contributed by atoms with Crippen LogP contribution in [0, 0.1) is 19.3 Å². The zero-order valence-electron chi connectivity index (χ0n) is 15.9. The number of phosphoric acid groups is 3. The molecule has 0 aromatic carbocycles. The van der Waals surface area contributed by atoms with E-state index in [-0.39, 0.29) is 5.69 Å². The molecule has 1 aliphatic heterocycles. The molecule has 1 aromatic heterocycles. The Morgan fingerprint density at radius 3 is 2.34 bits per heavy atom. The van der Waals surface area contributed by atoms with E-state index >= 15 is 0 Å². The first kappa shape index (κ1) is 26.8. The first-order chi connectivity index (χ1) is 14.4. The Labute approximate surface area is 178 Å². The van der Waals surface area contributed by atoms with E-state index in [1.54, 1.807) is 0 Å². The van der Waals surface area contributed by atoms with Crippen molar-refractivity contribution in [3.63, 3.8) is 0 Å². The Morgan fingerprint density at radius 1 is 1.25 bits per heavy atom. The molecular formula is C12H18N3O14P3. The second-order valence-corrected chi connectivity index (χ2v) is 10.8. The minimum absolute atomic E-state index is 0.0366. The van der Waals surface area contributed by atoms with Crippen LogP contribution in [0.25, 0.3) is 0 Å². The lowest BCUT2D eigenvalue weighted by Crippen LogP contribution is -2.55. The standard InChI is InChI=1S/C12H18N3O14P3/c1-3-12(13)9(17)7(27-10(12)15-6(2)4-8(16)14-11(15)18)5-26-31(22,23)29-32(24,25)28-30(19,20)21/h1,4,7,9-10,17H,5,13H2,2H3,(H,22,23)(H,24,25)(H,14,16,18)(H2,19,20,21)/t7-,9+,10-,12?/m1/s1. The van der Waals surface area contributed by atoms with Crippen LogP contribution >= 0.6 is 23.5 Å². The number of rotatable bonds is 8. The van der Waals surface area contributed by atoms with E-state index < -0.39 is 65.3 Å². The minimum Gasteiger partial charge on any atom is -0.387 e. The van der Waals surface area contributed by atoms with Gasteiger partial charge in [0.25, 0.3) is 5.56 Å². The molecule has 32 heavy (non-hydrogen) atoms. The van der Waals surface area contributed by atoms with Crippen molar-refractivity contribution in [3.05, 3.63) is 32.6 Å². The van der Waals surface area contributed by atoms with E-state index in [9.17, 15) is 33.3 Å². The maximum Gasteiger partial charge on any atom is 0.490 e. The highest BCUT2D eigenvalue weighted by Crippen LogP contribution is 2.66. The Morgan fingerprint density at radius 2 is 1.84 bits per heavy atom.